The number of aryl methyl sites for hydroxylation is 2. The summed E-state index contributed by atoms with van der Waals surface area (Å²) in [6.07, 6.45) is -7.58. The predicted molar refractivity (Wildman–Crippen MR) is 108 cm³/mol. The van der Waals surface area contributed by atoms with Gasteiger partial charge in [-0.1, -0.05) is 17.7 Å². The van der Waals surface area contributed by atoms with Gasteiger partial charge in [-0.15, -0.1) is 0 Å². The van der Waals surface area contributed by atoms with Crippen molar-refractivity contribution in [3.05, 3.63) is 40.5 Å². The molecule has 184 valence electrons. The predicted octanol–water partition coefficient (Wildman–Crippen LogP) is 6.38. The molecular weight excluding hydrogens is 497 g/mol. The zero-order valence-electron chi connectivity index (χ0n) is 17.3. The zero-order valence-corrected chi connectivity index (χ0v) is 18.0. The minimum absolute atomic E-state index is 0.0172. The summed E-state index contributed by atoms with van der Waals surface area (Å²) in [5.74, 6) is -0.106. The summed E-state index contributed by atoms with van der Waals surface area (Å²) < 4.78 is 101. The number of benzene rings is 1. The molecule has 1 aromatic carbocycles. The maximum Gasteiger partial charge on any atom is 0.419 e. The van der Waals surface area contributed by atoms with Crippen molar-refractivity contribution < 1.29 is 40.2 Å². The third-order valence-electron chi connectivity index (χ3n) is 5.21. The highest BCUT2D eigenvalue weighted by molar-refractivity contribution is 6.35. The Morgan fingerprint density at radius 3 is 2.35 bits per heavy atom. The Hall–Kier alpha value is -2.80. The van der Waals surface area contributed by atoms with E-state index in [-0.39, 0.29) is 34.4 Å². The highest BCUT2D eigenvalue weighted by Gasteiger charge is 2.45. The highest BCUT2D eigenvalue weighted by atomic mass is 35.5. The lowest BCUT2D eigenvalue weighted by Crippen LogP contribution is -2.30. The molecule has 0 spiro atoms. The normalized spacial score (nSPS) is 15.3. The first-order chi connectivity index (χ1) is 16.0. The lowest BCUT2D eigenvalue weighted by atomic mass is 10.1. The Morgan fingerprint density at radius 1 is 1.00 bits per heavy atom. The molecule has 1 aliphatic rings. The van der Waals surface area contributed by atoms with E-state index in [1.165, 1.54) is 16.7 Å². The van der Waals surface area contributed by atoms with Crippen LogP contribution in [0.15, 0.2) is 24.3 Å². The van der Waals surface area contributed by atoms with E-state index in [1.54, 1.807) is 11.8 Å². The number of anilines is 2. The molecule has 2 aromatic heterocycles. The average Bonchev–Trinajstić information content (AvgIpc) is 3.13. The highest BCUT2D eigenvalue weighted by Crippen LogP contribution is 2.44. The number of hydrogen-bond acceptors (Lipinski definition) is 5. The van der Waals surface area contributed by atoms with Crippen LogP contribution in [0.1, 0.15) is 23.8 Å². The van der Waals surface area contributed by atoms with Gasteiger partial charge >= 0.3 is 19.4 Å². The number of ether oxygens (including phenoxy) is 2. The summed E-state index contributed by atoms with van der Waals surface area (Å²) in [7, 11) is 0. The summed E-state index contributed by atoms with van der Waals surface area (Å²) in [5.41, 5.74) is 0.101. The van der Waals surface area contributed by atoms with E-state index in [0.29, 0.717) is 24.3 Å². The van der Waals surface area contributed by atoms with Crippen LogP contribution in [0.3, 0.4) is 0 Å². The molecule has 6 nitrogen and oxygen atoms in total. The summed E-state index contributed by atoms with van der Waals surface area (Å²) >= 11 is 6.20. The van der Waals surface area contributed by atoms with Crippen LogP contribution in [0, 0.1) is 6.92 Å². The fraction of sp³-hybridized carbons (Fsp3) is 0.400. The van der Waals surface area contributed by atoms with Crippen molar-refractivity contribution in [3.63, 3.8) is 0 Å². The Labute approximate surface area is 192 Å². The first kappa shape index (κ1) is 24.3. The number of halogens is 8. The van der Waals surface area contributed by atoms with E-state index in [2.05, 4.69) is 19.4 Å². The van der Waals surface area contributed by atoms with Crippen LogP contribution in [-0.2, 0) is 11.3 Å². The van der Waals surface area contributed by atoms with Crippen molar-refractivity contribution in [1.82, 2.24) is 14.5 Å². The zero-order chi connectivity index (χ0) is 24.8. The van der Waals surface area contributed by atoms with Gasteiger partial charge in [-0.25, -0.2) is 9.97 Å². The quantitative estimate of drug-likeness (QED) is 0.359. The maximum atomic E-state index is 13.7. The largest absolute Gasteiger partial charge is 0.419 e. The molecule has 0 bridgehead atoms. The van der Waals surface area contributed by atoms with Gasteiger partial charge in [-0.3, -0.25) is 0 Å². The van der Waals surface area contributed by atoms with Crippen molar-refractivity contribution in [2.24, 2.45) is 0 Å². The number of alkyl halides is 7. The van der Waals surface area contributed by atoms with E-state index in [1.807, 2.05) is 0 Å². The smallest absolute Gasteiger partial charge is 0.417 e. The van der Waals surface area contributed by atoms with E-state index in [9.17, 15) is 30.7 Å². The monoisotopic (exact) mass is 512 g/mol. The van der Waals surface area contributed by atoms with E-state index in [0.717, 1.165) is 12.1 Å². The van der Waals surface area contributed by atoms with Gasteiger partial charge in [0.05, 0.1) is 21.9 Å². The number of pyridine rings is 1. The van der Waals surface area contributed by atoms with Gasteiger partial charge in [0.15, 0.2) is 6.10 Å². The number of fused-ring (bicyclic) bond motifs is 3. The SMILES string of the molecule is Cc1nc(OC(F)F)ccc1N1CCCn2c1nc1c(Cl)ccc(C(OC(F)F)C(F)(F)F)c12. The second kappa shape index (κ2) is 9.10. The Morgan fingerprint density at radius 2 is 1.74 bits per heavy atom. The number of nitrogens with zero attached hydrogens (tertiary/aromatic N) is 4. The number of rotatable bonds is 6. The van der Waals surface area contributed by atoms with E-state index >= 15 is 0 Å². The standard InChI is InChI=1S/C20H16ClF7N4O2/c1-9-12(5-6-13(29-9)33-17(22)23)31-7-2-8-32-15-10(16(20(26,27)28)34-18(24)25)3-4-11(21)14(15)30-19(31)32/h3-6,16-18H,2,7-8H2,1H3. The summed E-state index contributed by atoms with van der Waals surface area (Å²) in [6.45, 7) is -4.57. The van der Waals surface area contributed by atoms with Crippen LogP contribution < -0.4 is 9.64 Å². The molecule has 0 aliphatic carbocycles. The third kappa shape index (κ3) is 4.58. The van der Waals surface area contributed by atoms with Gasteiger partial charge in [0.25, 0.3) is 0 Å². The summed E-state index contributed by atoms with van der Waals surface area (Å²) in [6, 6.07) is 4.82. The molecule has 1 aliphatic heterocycles. The van der Waals surface area contributed by atoms with Gasteiger partial charge in [-0.05, 0) is 25.5 Å². The minimum atomic E-state index is -5.13. The van der Waals surface area contributed by atoms with Crippen LogP contribution in [0.5, 0.6) is 5.88 Å². The van der Waals surface area contributed by atoms with Crippen molar-refractivity contribution in [1.29, 1.82) is 0 Å². The molecule has 14 heteroatoms. The number of imidazole rings is 1. The average molecular weight is 513 g/mol. The molecule has 3 aromatic rings. The molecule has 4 rings (SSSR count). The van der Waals surface area contributed by atoms with Crippen LogP contribution in [0.4, 0.5) is 42.4 Å². The minimum Gasteiger partial charge on any atom is -0.417 e. The Bertz CT molecular complexity index is 1200. The summed E-state index contributed by atoms with van der Waals surface area (Å²) in [5, 5.41) is 0.0223. The van der Waals surface area contributed by atoms with Crippen molar-refractivity contribution in [2.45, 2.75) is 45.4 Å². The van der Waals surface area contributed by atoms with Crippen molar-refractivity contribution in [3.8, 4) is 5.88 Å². The Kier molecular flexibility index (Phi) is 6.51. The first-order valence-corrected chi connectivity index (χ1v) is 10.2. The number of aromatic nitrogens is 3. The molecule has 1 atom stereocenters. The van der Waals surface area contributed by atoms with E-state index < -0.39 is 31.1 Å². The maximum absolute atomic E-state index is 13.7. The van der Waals surface area contributed by atoms with Gasteiger partial charge in [0.2, 0.25) is 11.8 Å². The fourth-order valence-corrected chi connectivity index (χ4v) is 4.16. The molecule has 0 amide bonds. The lowest BCUT2D eigenvalue weighted by molar-refractivity contribution is -0.276. The van der Waals surface area contributed by atoms with Crippen LogP contribution >= 0.6 is 11.6 Å². The van der Waals surface area contributed by atoms with Gasteiger partial charge in [0.1, 0.15) is 5.52 Å². The van der Waals surface area contributed by atoms with Crippen molar-refractivity contribution in [2.75, 3.05) is 11.4 Å². The first-order valence-electron chi connectivity index (χ1n) is 9.86. The molecule has 0 radical (unpaired) electrons. The second-order valence-corrected chi connectivity index (χ2v) is 7.76. The molecular formula is C20H16ClF7N4O2. The van der Waals surface area contributed by atoms with Crippen molar-refractivity contribution >= 4 is 34.3 Å². The molecule has 0 fully saturated rings. The Balaban J connectivity index is 1.86. The molecule has 1 unspecified atom stereocenters. The lowest BCUT2D eigenvalue weighted by Gasteiger charge is -2.30. The molecule has 0 N–H and O–H groups in total. The third-order valence-corrected chi connectivity index (χ3v) is 5.52. The molecule has 34 heavy (non-hydrogen) atoms. The van der Waals surface area contributed by atoms with Crippen LogP contribution in [0.25, 0.3) is 11.0 Å². The second-order valence-electron chi connectivity index (χ2n) is 7.35. The van der Waals surface area contributed by atoms with Crippen LogP contribution in [-0.4, -0.2) is 40.5 Å². The molecule has 0 saturated carbocycles. The fourth-order valence-electron chi connectivity index (χ4n) is 3.97. The molecule has 3 heterocycles. The van der Waals surface area contributed by atoms with E-state index in [4.69, 9.17) is 11.6 Å². The number of hydrogen-bond donors (Lipinski definition) is 0. The molecule has 0 saturated heterocycles. The van der Waals surface area contributed by atoms with Gasteiger partial charge < -0.3 is 18.9 Å². The van der Waals surface area contributed by atoms with Gasteiger partial charge in [0, 0.05) is 24.7 Å². The van der Waals surface area contributed by atoms with Gasteiger partial charge in [-0.2, -0.15) is 30.7 Å². The topological polar surface area (TPSA) is 52.4 Å². The summed E-state index contributed by atoms with van der Waals surface area (Å²) in [4.78, 5) is 10.0. The van der Waals surface area contributed by atoms with Crippen LogP contribution in [0.2, 0.25) is 5.02 Å².